The van der Waals surface area contributed by atoms with Gasteiger partial charge in [-0.3, -0.25) is 9.59 Å². The van der Waals surface area contributed by atoms with Crippen LogP contribution in [0.1, 0.15) is 39.5 Å². The lowest BCUT2D eigenvalue weighted by Crippen LogP contribution is -2.50. The minimum atomic E-state index is -1.07. The van der Waals surface area contributed by atoms with Crippen molar-refractivity contribution in [3.05, 3.63) is 24.3 Å². The van der Waals surface area contributed by atoms with Crippen LogP contribution in [0.4, 0.5) is 0 Å². The molecule has 0 aromatic heterocycles. The maximum absolute atomic E-state index is 12.8. The first kappa shape index (κ1) is 20.1. The van der Waals surface area contributed by atoms with Crippen molar-refractivity contribution < 1.29 is 19.1 Å². The smallest absolute Gasteiger partial charge is 0.237 e. The van der Waals surface area contributed by atoms with Crippen LogP contribution in [0.25, 0.3) is 0 Å². The van der Waals surface area contributed by atoms with Crippen molar-refractivity contribution in [2.45, 2.75) is 39.5 Å². The molecule has 0 radical (unpaired) electrons. The van der Waals surface area contributed by atoms with E-state index in [0.29, 0.717) is 18.9 Å². The Labute approximate surface area is 155 Å². The summed E-state index contributed by atoms with van der Waals surface area (Å²) >= 11 is 0. The van der Waals surface area contributed by atoms with Gasteiger partial charge in [-0.2, -0.15) is 0 Å². The zero-order chi connectivity index (χ0) is 19.0. The summed E-state index contributed by atoms with van der Waals surface area (Å²) in [5.41, 5.74) is -1.07. The molecule has 0 spiro atoms. The second-order valence-corrected chi connectivity index (χ2v) is 7.11. The highest BCUT2D eigenvalue weighted by Crippen LogP contribution is 2.22. The molecule has 0 saturated carbocycles. The van der Waals surface area contributed by atoms with Crippen LogP contribution in [0.5, 0.6) is 11.5 Å². The summed E-state index contributed by atoms with van der Waals surface area (Å²) in [5, 5.41) is 2.82. The number of carbonyl (C=O) groups excluding carboxylic acids is 2. The number of amides is 2. The molecule has 2 rings (SSSR count). The molecular formula is C20H30N2O4. The van der Waals surface area contributed by atoms with E-state index in [0.717, 1.165) is 44.5 Å². The monoisotopic (exact) mass is 362 g/mol. The van der Waals surface area contributed by atoms with Gasteiger partial charge in [0.2, 0.25) is 11.8 Å². The molecule has 1 fully saturated rings. The van der Waals surface area contributed by atoms with Crippen LogP contribution >= 0.6 is 0 Å². The molecule has 1 aromatic rings. The van der Waals surface area contributed by atoms with Crippen molar-refractivity contribution in [3.63, 3.8) is 0 Å². The van der Waals surface area contributed by atoms with Gasteiger partial charge in [0.05, 0.1) is 13.7 Å². The minimum Gasteiger partial charge on any atom is -0.497 e. The molecule has 2 amide bonds. The Kier molecular flexibility index (Phi) is 7.30. The maximum Gasteiger partial charge on any atom is 0.237 e. The third kappa shape index (κ3) is 5.38. The molecule has 1 saturated heterocycles. The largest absolute Gasteiger partial charge is 0.497 e. The number of hydrogen-bond acceptors (Lipinski definition) is 4. The average Bonchev–Trinajstić information content (AvgIpc) is 2.94. The van der Waals surface area contributed by atoms with Crippen molar-refractivity contribution in [1.82, 2.24) is 10.2 Å². The van der Waals surface area contributed by atoms with E-state index in [4.69, 9.17) is 9.47 Å². The van der Waals surface area contributed by atoms with Gasteiger partial charge in [-0.1, -0.05) is 12.8 Å². The highest BCUT2D eigenvalue weighted by atomic mass is 16.5. The van der Waals surface area contributed by atoms with Gasteiger partial charge in [-0.05, 0) is 51.0 Å². The Morgan fingerprint density at radius 1 is 1.04 bits per heavy atom. The Morgan fingerprint density at radius 3 is 2.19 bits per heavy atom. The fourth-order valence-electron chi connectivity index (χ4n) is 2.99. The first-order valence-corrected chi connectivity index (χ1v) is 9.29. The molecule has 1 heterocycles. The number of methoxy groups -OCH3 is 1. The molecule has 0 aliphatic carbocycles. The molecule has 0 bridgehead atoms. The summed E-state index contributed by atoms with van der Waals surface area (Å²) in [6.45, 7) is 5.57. The van der Waals surface area contributed by atoms with E-state index in [1.807, 2.05) is 29.2 Å². The lowest BCUT2D eigenvalue weighted by atomic mass is 9.90. The topological polar surface area (TPSA) is 67.9 Å². The fourth-order valence-corrected chi connectivity index (χ4v) is 2.99. The maximum atomic E-state index is 12.8. The van der Waals surface area contributed by atoms with Crippen molar-refractivity contribution in [3.8, 4) is 11.5 Å². The molecule has 1 aliphatic rings. The molecule has 26 heavy (non-hydrogen) atoms. The molecule has 0 unspecified atom stereocenters. The van der Waals surface area contributed by atoms with Crippen LogP contribution in [0.3, 0.4) is 0 Å². The van der Waals surface area contributed by atoms with Crippen LogP contribution in [-0.2, 0) is 9.59 Å². The molecule has 1 aromatic carbocycles. The van der Waals surface area contributed by atoms with E-state index in [9.17, 15) is 9.59 Å². The van der Waals surface area contributed by atoms with Gasteiger partial charge >= 0.3 is 0 Å². The molecule has 144 valence electrons. The van der Waals surface area contributed by atoms with E-state index >= 15 is 0 Å². The first-order valence-electron chi connectivity index (χ1n) is 9.29. The van der Waals surface area contributed by atoms with Crippen LogP contribution in [0.2, 0.25) is 0 Å². The number of nitrogens with zero attached hydrogens (tertiary/aromatic N) is 1. The number of benzene rings is 1. The normalized spacial score (nSPS) is 15.1. The number of nitrogens with one attached hydrogen (secondary N) is 1. The molecule has 1 aliphatic heterocycles. The van der Waals surface area contributed by atoms with Crippen molar-refractivity contribution >= 4 is 11.8 Å². The van der Waals surface area contributed by atoms with E-state index in [1.54, 1.807) is 21.0 Å². The minimum absolute atomic E-state index is 0.0898. The zero-order valence-corrected chi connectivity index (χ0v) is 16.0. The van der Waals surface area contributed by atoms with Crippen LogP contribution < -0.4 is 14.8 Å². The molecular weight excluding hydrogens is 332 g/mol. The van der Waals surface area contributed by atoms with Gasteiger partial charge in [0, 0.05) is 13.1 Å². The fraction of sp³-hybridized carbons (Fsp3) is 0.600. The molecule has 0 atom stereocenters. The molecule has 6 heteroatoms. The van der Waals surface area contributed by atoms with Crippen LogP contribution in [0.15, 0.2) is 24.3 Å². The molecule has 6 nitrogen and oxygen atoms in total. The summed E-state index contributed by atoms with van der Waals surface area (Å²) in [6.07, 6.45) is 4.33. The lowest BCUT2D eigenvalue weighted by molar-refractivity contribution is -0.148. The van der Waals surface area contributed by atoms with Gasteiger partial charge in [0.15, 0.2) is 0 Å². The van der Waals surface area contributed by atoms with E-state index in [1.165, 1.54) is 0 Å². The average molecular weight is 362 g/mol. The Balaban J connectivity index is 1.78. The van der Waals surface area contributed by atoms with Gasteiger partial charge in [-0.25, -0.2) is 0 Å². The number of likely N-dealkylation sites (tertiary alicyclic amines) is 1. The van der Waals surface area contributed by atoms with Gasteiger partial charge < -0.3 is 19.7 Å². The summed E-state index contributed by atoms with van der Waals surface area (Å²) in [4.78, 5) is 27.1. The Bertz CT molecular complexity index is 590. The van der Waals surface area contributed by atoms with Crippen molar-refractivity contribution in [2.24, 2.45) is 5.41 Å². The van der Waals surface area contributed by atoms with Crippen molar-refractivity contribution in [2.75, 3.05) is 33.4 Å². The van der Waals surface area contributed by atoms with Crippen LogP contribution in [0, 0.1) is 5.41 Å². The number of rotatable bonds is 7. The summed E-state index contributed by atoms with van der Waals surface area (Å²) < 4.78 is 10.7. The van der Waals surface area contributed by atoms with Crippen LogP contribution in [-0.4, -0.2) is 50.1 Å². The first-order chi connectivity index (χ1) is 12.4. The summed E-state index contributed by atoms with van der Waals surface area (Å²) in [5.74, 6) is 1.12. The van der Waals surface area contributed by atoms with Gasteiger partial charge in [0.25, 0.3) is 0 Å². The summed E-state index contributed by atoms with van der Waals surface area (Å²) in [6, 6.07) is 7.26. The second-order valence-electron chi connectivity index (χ2n) is 7.11. The van der Waals surface area contributed by atoms with Crippen molar-refractivity contribution in [1.29, 1.82) is 0 Å². The van der Waals surface area contributed by atoms with Gasteiger partial charge in [-0.15, -0.1) is 0 Å². The zero-order valence-electron chi connectivity index (χ0n) is 16.0. The third-order valence-electron chi connectivity index (χ3n) is 4.71. The van der Waals surface area contributed by atoms with E-state index in [-0.39, 0.29) is 11.8 Å². The highest BCUT2D eigenvalue weighted by Gasteiger charge is 2.38. The third-order valence-corrected chi connectivity index (χ3v) is 4.71. The standard InChI is InChI=1S/C20H30N2O4/c1-20(2,19(24)22-13-6-4-5-7-14-22)18(23)21-12-15-26-17-10-8-16(25-3)9-11-17/h8-11H,4-7,12-15H2,1-3H3,(H,21,23). The van der Waals surface area contributed by atoms with E-state index < -0.39 is 5.41 Å². The predicted molar refractivity (Wildman–Crippen MR) is 100 cm³/mol. The number of carbonyl (C=O) groups is 2. The Hall–Kier alpha value is -2.24. The SMILES string of the molecule is COc1ccc(OCCNC(=O)C(C)(C)C(=O)N2CCCCCC2)cc1. The molecule has 1 N–H and O–H groups in total. The van der Waals surface area contributed by atoms with E-state index in [2.05, 4.69) is 5.32 Å². The number of ether oxygens (including phenoxy) is 2. The quantitative estimate of drug-likeness (QED) is 0.598. The number of hydrogen-bond donors (Lipinski definition) is 1. The summed E-state index contributed by atoms with van der Waals surface area (Å²) in [7, 11) is 1.61. The lowest BCUT2D eigenvalue weighted by Gasteiger charge is -2.30. The predicted octanol–water partition coefficient (Wildman–Crippen LogP) is 2.62. The highest BCUT2D eigenvalue weighted by molar-refractivity contribution is 6.04. The van der Waals surface area contributed by atoms with Gasteiger partial charge in [0.1, 0.15) is 23.5 Å². The Morgan fingerprint density at radius 2 is 1.62 bits per heavy atom. The second kappa shape index (κ2) is 9.46.